The van der Waals surface area contributed by atoms with Crippen LogP contribution in [0.1, 0.15) is 44.9 Å². The number of ether oxygens (including phenoxy) is 1. The molecule has 0 aromatic heterocycles. The van der Waals surface area contributed by atoms with Crippen molar-refractivity contribution in [2.24, 2.45) is 11.3 Å². The standard InChI is InChI=1S/C19H30N2O3/c1-24-14-13-21-15-19(8-7-17(21)22)9-11-20(12-10-19)18(23)16-5-3-2-4-6-16/h2-3,16H,4-15H2,1H3/t16-/m0/s1. The first kappa shape index (κ1) is 17.5. The first-order chi connectivity index (χ1) is 11.6. The second-order valence-electron chi connectivity index (χ2n) is 7.61. The second-order valence-corrected chi connectivity index (χ2v) is 7.61. The Hall–Kier alpha value is -1.36. The maximum absolute atomic E-state index is 12.7. The van der Waals surface area contributed by atoms with Gasteiger partial charge in [-0.1, -0.05) is 12.2 Å². The monoisotopic (exact) mass is 334 g/mol. The maximum Gasteiger partial charge on any atom is 0.226 e. The van der Waals surface area contributed by atoms with Gasteiger partial charge in [0.25, 0.3) is 0 Å². The molecule has 1 spiro atoms. The first-order valence-electron chi connectivity index (χ1n) is 9.34. The molecule has 2 fully saturated rings. The Balaban J connectivity index is 1.54. The Labute approximate surface area is 145 Å². The molecule has 24 heavy (non-hydrogen) atoms. The minimum Gasteiger partial charge on any atom is -0.383 e. The molecule has 0 aromatic carbocycles. The molecule has 0 saturated carbocycles. The molecule has 0 unspecified atom stereocenters. The number of hydrogen-bond donors (Lipinski definition) is 0. The summed E-state index contributed by atoms with van der Waals surface area (Å²) < 4.78 is 5.13. The Morgan fingerprint density at radius 3 is 2.75 bits per heavy atom. The van der Waals surface area contributed by atoms with Crippen LogP contribution < -0.4 is 0 Å². The number of hydrogen-bond acceptors (Lipinski definition) is 3. The van der Waals surface area contributed by atoms with Gasteiger partial charge in [0.2, 0.25) is 11.8 Å². The summed E-state index contributed by atoms with van der Waals surface area (Å²) in [5.41, 5.74) is 0.213. The number of piperidine rings is 2. The van der Waals surface area contributed by atoms with Crippen LogP contribution >= 0.6 is 0 Å². The van der Waals surface area contributed by atoms with E-state index in [1.807, 2.05) is 4.90 Å². The molecule has 1 atom stereocenters. The van der Waals surface area contributed by atoms with E-state index < -0.39 is 0 Å². The smallest absolute Gasteiger partial charge is 0.226 e. The maximum atomic E-state index is 12.7. The Morgan fingerprint density at radius 2 is 2.08 bits per heavy atom. The molecule has 5 heteroatoms. The molecule has 0 aromatic rings. The average molecular weight is 334 g/mol. The van der Waals surface area contributed by atoms with Gasteiger partial charge in [-0.15, -0.1) is 0 Å². The van der Waals surface area contributed by atoms with Gasteiger partial charge in [0.15, 0.2) is 0 Å². The zero-order chi connectivity index (χ0) is 17.0. The lowest BCUT2D eigenvalue weighted by molar-refractivity contribution is -0.144. The summed E-state index contributed by atoms with van der Waals surface area (Å²) in [6.07, 6.45) is 10.9. The summed E-state index contributed by atoms with van der Waals surface area (Å²) in [5.74, 6) is 0.790. The van der Waals surface area contributed by atoms with Crippen molar-refractivity contribution >= 4 is 11.8 Å². The summed E-state index contributed by atoms with van der Waals surface area (Å²) in [6.45, 7) is 3.83. The summed E-state index contributed by atoms with van der Waals surface area (Å²) in [6, 6.07) is 0. The van der Waals surface area contributed by atoms with E-state index in [1.54, 1.807) is 7.11 Å². The van der Waals surface area contributed by atoms with Crippen LogP contribution in [-0.4, -0.2) is 61.5 Å². The first-order valence-corrected chi connectivity index (χ1v) is 9.34. The third-order valence-corrected chi connectivity index (χ3v) is 6.07. The van der Waals surface area contributed by atoms with E-state index >= 15 is 0 Å². The molecular formula is C19H30N2O3. The molecule has 0 radical (unpaired) electrons. The number of methoxy groups -OCH3 is 1. The molecule has 3 rings (SSSR count). The van der Waals surface area contributed by atoms with Crippen molar-refractivity contribution in [3.05, 3.63) is 12.2 Å². The summed E-state index contributed by atoms with van der Waals surface area (Å²) in [4.78, 5) is 28.8. The summed E-state index contributed by atoms with van der Waals surface area (Å²) in [7, 11) is 1.68. The van der Waals surface area contributed by atoms with Crippen LogP contribution in [0.25, 0.3) is 0 Å². The number of rotatable bonds is 4. The van der Waals surface area contributed by atoms with Crippen molar-refractivity contribution in [3.8, 4) is 0 Å². The molecular weight excluding hydrogens is 304 g/mol. The van der Waals surface area contributed by atoms with Crippen molar-refractivity contribution < 1.29 is 14.3 Å². The average Bonchev–Trinajstić information content (AvgIpc) is 2.63. The molecule has 2 saturated heterocycles. The SMILES string of the molecule is COCCN1CC2(CCC1=O)CCN(C(=O)[C@H]1CC=CCC1)CC2. The molecule has 2 heterocycles. The highest BCUT2D eigenvalue weighted by Crippen LogP contribution is 2.40. The number of carbonyl (C=O) groups excluding carboxylic acids is 2. The molecule has 3 aliphatic rings. The van der Waals surface area contributed by atoms with Crippen LogP contribution in [0, 0.1) is 11.3 Å². The van der Waals surface area contributed by atoms with Gasteiger partial charge in [0, 0.05) is 45.6 Å². The van der Waals surface area contributed by atoms with Gasteiger partial charge in [0.1, 0.15) is 0 Å². The molecule has 0 N–H and O–H groups in total. The highest BCUT2D eigenvalue weighted by Gasteiger charge is 2.42. The fourth-order valence-electron chi connectivity index (χ4n) is 4.39. The van der Waals surface area contributed by atoms with Crippen molar-refractivity contribution in [1.82, 2.24) is 9.80 Å². The molecule has 2 aliphatic heterocycles. The Morgan fingerprint density at radius 1 is 1.29 bits per heavy atom. The van der Waals surface area contributed by atoms with E-state index in [1.165, 1.54) is 0 Å². The van der Waals surface area contributed by atoms with Gasteiger partial charge in [-0.25, -0.2) is 0 Å². The van der Waals surface area contributed by atoms with Gasteiger partial charge in [-0.3, -0.25) is 9.59 Å². The number of likely N-dealkylation sites (tertiary alicyclic amines) is 2. The third-order valence-electron chi connectivity index (χ3n) is 6.07. The number of carbonyl (C=O) groups is 2. The number of nitrogens with zero attached hydrogens (tertiary/aromatic N) is 2. The van der Waals surface area contributed by atoms with Crippen molar-refractivity contribution in [2.45, 2.75) is 44.9 Å². The lowest BCUT2D eigenvalue weighted by Gasteiger charge is -2.48. The second kappa shape index (κ2) is 7.68. The molecule has 134 valence electrons. The highest BCUT2D eigenvalue weighted by molar-refractivity contribution is 5.79. The van der Waals surface area contributed by atoms with E-state index in [-0.39, 0.29) is 17.2 Å². The third kappa shape index (κ3) is 3.82. The van der Waals surface area contributed by atoms with Gasteiger partial charge in [-0.05, 0) is 43.9 Å². The quantitative estimate of drug-likeness (QED) is 0.741. The van der Waals surface area contributed by atoms with Crippen molar-refractivity contribution in [3.63, 3.8) is 0 Å². The van der Waals surface area contributed by atoms with Crippen LogP contribution in [0.2, 0.25) is 0 Å². The van der Waals surface area contributed by atoms with E-state index in [2.05, 4.69) is 17.1 Å². The van der Waals surface area contributed by atoms with Crippen LogP contribution in [0.5, 0.6) is 0 Å². The van der Waals surface area contributed by atoms with Crippen LogP contribution in [-0.2, 0) is 14.3 Å². The normalized spacial score (nSPS) is 26.9. The summed E-state index contributed by atoms with van der Waals surface area (Å²) >= 11 is 0. The van der Waals surface area contributed by atoms with E-state index in [4.69, 9.17) is 4.74 Å². The Kier molecular flexibility index (Phi) is 5.59. The van der Waals surface area contributed by atoms with E-state index in [0.717, 1.165) is 58.2 Å². The van der Waals surface area contributed by atoms with Gasteiger partial charge >= 0.3 is 0 Å². The lowest BCUT2D eigenvalue weighted by Crippen LogP contribution is -2.53. The van der Waals surface area contributed by atoms with E-state index in [0.29, 0.717) is 25.5 Å². The fraction of sp³-hybridized carbons (Fsp3) is 0.789. The van der Waals surface area contributed by atoms with Crippen molar-refractivity contribution in [2.75, 3.05) is 39.9 Å². The molecule has 0 bridgehead atoms. The van der Waals surface area contributed by atoms with Crippen LogP contribution in [0.15, 0.2) is 12.2 Å². The van der Waals surface area contributed by atoms with Crippen molar-refractivity contribution in [1.29, 1.82) is 0 Å². The zero-order valence-corrected chi connectivity index (χ0v) is 14.8. The molecule has 5 nitrogen and oxygen atoms in total. The largest absolute Gasteiger partial charge is 0.383 e. The number of amides is 2. The number of allylic oxidation sites excluding steroid dienone is 2. The van der Waals surface area contributed by atoms with Crippen LogP contribution in [0.4, 0.5) is 0 Å². The van der Waals surface area contributed by atoms with Crippen LogP contribution in [0.3, 0.4) is 0 Å². The molecule has 2 amide bonds. The van der Waals surface area contributed by atoms with Gasteiger partial charge in [0.05, 0.1) is 6.61 Å². The predicted octanol–water partition coefficient (Wildman–Crippen LogP) is 2.22. The topological polar surface area (TPSA) is 49.9 Å². The minimum absolute atomic E-state index is 0.190. The van der Waals surface area contributed by atoms with Gasteiger partial charge in [-0.2, -0.15) is 0 Å². The van der Waals surface area contributed by atoms with Gasteiger partial charge < -0.3 is 14.5 Å². The highest BCUT2D eigenvalue weighted by atomic mass is 16.5. The minimum atomic E-state index is 0.190. The predicted molar refractivity (Wildman–Crippen MR) is 92.4 cm³/mol. The zero-order valence-electron chi connectivity index (χ0n) is 14.8. The Bertz CT molecular complexity index is 495. The fourth-order valence-corrected chi connectivity index (χ4v) is 4.39. The lowest BCUT2D eigenvalue weighted by atomic mass is 9.72. The van der Waals surface area contributed by atoms with E-state index in [9.17, 15) is 9.59 Å². The summed E-state index contributed by atoms with van der Waals surface area (Å²) in [5, 5.41) is 0. The molecule has 1 aliphatic carbocycles.